The van der Waals surface area contributed by atoms with Gasteiger partial charge >= 0.3 is 0 Å². The second kappa shape index (κ2) is 5.94. The first-order chi connectivity index (χ1) is 7.89. The average molecular weight is 325 g/mol. The Hall–Kier alpha value is -0.440. The van der Waals surface area contributed by atoms with Crippen LogP contribution in [0.5, 0.6) is 0 Å². The summed E-state index contributed by atoms with van der Waals surface area (Å²) >= 11 is 3.36. The first kappa shape index (κ1) is 14.6. The molecular weight excluding hydrogens is 308 g/mol. The monoisotopic (exact) mass is 324 g/mol. The molecule has 0 aliphatic rings. The molecule has 98 valence electrons. The summed E-state index contributed by atoms with van der Waals surface area (Å²) in [6.45, 7) is 2.75. The van der Waals surface area contributed by atoms with Gasteiger partial charge in [-0.2, -0.15) is 5.10 Å². The summed E-state index contributed by atoms with van der Waals surface area (Å²) in [7, 11) is -3.11. The lowest BCUT2D eigenvalue weighted by Gasteiger charge is -2.17. The van der Waals surface area contributed by atoms with E-state index in [-0.39, 0.29) is 5.75 Å². The summed E-state index contributed by atoms with van der Waals surface area (Å²) < 4.78 is 25.2. The molecule has 0 radical (unpaired) electrons. The predicted molar refractivity (Wildman–Crippen MR) is 70.0 cm³/mol. The highest BCUT2D eigenvalue weighted by Gasteiger charge is 2.22. The molecule has 17 heavy (non-hydrogen) atoms. The van der Waals surface area contributed by atoms with Crippen LogP contribution in [0.15, 0.2) is 10.7 Å². The van der Waals surface area contributed by atoms with Gasteiger partial charge in [0.25, 0.3) is 0 Å². The van der Waals surface area contributed by atoms with Crippen molar-refractivity contribution < 1.29 is 8.42 Å². The van der Waals surface area contributed by atoms with Gasteiger partial charge in [0, 0.05) is 12.8 Å². The van der Waals surface area contributed by atoms with E-state index in [2.05, 4.69) is 26.5 Å². The fraction of sp³-hybridized carbons (Fsp3) is 0.667. The van der Waals surface area contributed by atoms with Crippen molar-refractivity contribution in [2.75, 3.05) is 12.0 Å². The van der Waals surface area contributed by atoms with Crippen molar-refractivity contribution in [2.24, 2.45) is 5.84 Å². The third-order valence-electron chi connectivity index (χ3n) is 2.27. The molecule has 3 N–H and O–H groups in total. The summed E-state index contributed by atoms with van der Waals surface area (Å²) in [6.07, 6.45) is 3.75. The Kier molecular flexibility index (Phi) is 5.11. The highest BCUT2D eigenvalue weighted by Crippen LogP contribution is 2.24. The lowest BCUT2D eigenvalue weighted by molar-refractivity contribution is 0.498. The Morgan fingerprint density at radius 3 is 2.76 bits per heavy atom. The number of nitrogens with two attached hydrogens (primary N) is 1. The number of hydrogen-bond acceptors (Lipinski definition) is 5. The SMILES string of the molecule is CCCn1ncc(Br)c1C(CS(C)(=O)=O)NN. The zero-order valence-electron chi connectivity index (χ0n) is 9.85. The van der Waals surface area contributed by atoms with Crippen molar-refractivity contribution >= 4 is 25.8 Å². The smallest absolute Gasteiger partial charge is 0.149 e. The quantitative estimate of drug-likeness (QED) is 0.591. The minimum absolute atomic E-state index is 0.0580. The lowest BCUT2D eigenvalue weighted by Crippen LogP contribution is -2.34. The zero-order chi connectivity index (χ0) is 13.1. The third-order valence-corrected chi connectivity index (χ3v) is 3.82. The second-order valence-electron chi connectivity index (χ2n) is 3.91. The van der Waals surface area contributed by atoms with Crippen LogP contribution in [0.25, 0.3) is 0 Å². The second-order valence-corrected chi connectivity index (χ2v) is 6.95. The molecule has 0 fully saturated rings. The standard InChI is InChI=1S/C9H17BrN4O2S/c1-3-4-14-9(7(10)5-12-14)8(13-11)6-17(2,15)16/h5,8,13H,3-4,6,11H2,1-2H3. The van der Waals surface area contributed by atoms with Crippen LogP contribution in [-0.4, -0.2) is 30.2 Å². The molecule has 0 saturated carbocycles. The van der Waals surface area contributed by atoms with Crippen LogP contribution in [0.4, 0.5) is 0 Å². The van der Waals surface area contributed by atoms with Crippen molar-refractivity contribution in [1.29, 1.82) is 0 Å². The van der Waals surface area contributed by atoms with Crippen LogP contribution in [-0.2, 0) is 16.4 Å². The summed E-state index contributed by atoms with van der Waals surface area (Å²) in [5.74, 6) is 5.37. The van der Waals surface area contributed by atoms with Gasteiger partial charge in [-0.05, 0) is 22.4 Å². The van der Waals surface area contributed by atoms with Gasteiger partial charge in [0.2, 0.25) is 0 Å². The number of aryl methyl sites for hydroxylation is 1. The fourth-order valence-electron chi connectivity index (χ4n) is 1.62. The summed E-state index contributed by atoms with van der Waals surface area (Å²) in [4.78, 5) is 0. The van der Waals surface area contributed by atoms with Gasteiger partial charge in [-0.15, -0.1) is 0 Å². The van der Waals surface area contributed by atoms with Crippen LogP contribution in [0, 0.1) is 0 Å². The number of nitrogens with zero attached hydrogens (tertiary/aromatic N) is 2. The van der Waals surface area contributed by atoms with Gasteiger partial charge < -0.3 is 0 Å². The molecule has 0 aromatic carbocycles. The van der Waals surface area contributed by atoms with E-state index in [1.54, 1.807) is 10.9 Å². The normalized spacial score (nSPS) is 13.9. The predicted octanol–water partition coefficient (Wildman–Crippen LogP) is 0.605. The maximum Gasteiger partial charge on any atom is 0.149 e. The van der Waals surface area contributed by atoms with Crippen LogP contribution >= 0.6 is 15.9 Å². The molecule has 1 rings (SSSR count). The van der Waals surface area contributed by atoms with Crippen LogP contribution < -0.4 is 11.3 Å². The van der Waals surface area contributed by atoms with E-state index < -0.39 is 15.9 Å². The Morgan fingerprint density at radius 2 is 2.29 bits per heavy atom. The molecule has 1 heterocycles. The number of aromatic nitrogens is 2. The van der Waals surface area contributed by atoms with E-state index in [1.807, 2.05) is 6.92 Å². The minimum Gasteiger partial charge on any atom is -0.271 e. The summed E-state index contributed by atoms with van der Waals surface area (Å²) in [5, 5.41) is 4.18. The summed E-state index contributed by atoms with van der Waals surface area (Å²) in [6, 6.07) is -0.464. The van der Waals surface area contributed by atoms with E-state index in [0.29, 0.717) is 0 Å². The van der Waals surface area contributed by atoms with Crippen LogP contribution in [0.2, 0.25) is 0 Å². The van der Waals surface area contributed by atoms with Crippen molar-refractivity contribution in [2.45, 2.75) is 25.9 Å². The molecule has 0 aliphatic carbocycles. The van der Waals surface area contributed by atoms with E-state index >= 15 is 0 Å². The largest absolute Gasteiger partial charge is 0.271 e. The fourth-order valence-corrected chi connectivity index (χ4v) is 3.05. The number of hydrogen-bond donors (Lipinski definition) is 2. The Labute approximate surface area is 110 Å². The number of nitrogens with one attached hydrogen (secondary N) is 1. The van der Waals surface area contributed by atoms with Crippen molar-refractivity contribution in [3.8, 4) is 0 Å². The molecule has 0 aliphatic heterocycles. The molecule has 0 amide bonds. The topological polar surface area (TPSA) is 90.0 Å². The molecule has 1 aromatic heterocycles. The average Bonchev–Trinajstić information content (AvgIpc) is 2.56. The van der Waals surface area contributed by atoms with Gasteiger partial charge in [-0.1, -0.05) is 6.92 Å². The molecule has 0 bridgehead atoms. The van der Waals surface area contributed by atoms with Crippen molar-refractivity contribution in [3.05, 3.63) is 16.4 Å². The van der Waals surface area contributed by atoms with Crippen molar-refractivity contribution in [3.63, 3.8) is 0 Å². The molecule has 6 nitrogen and oxygen atoms in total. The lowest BCUT2D eigenvalue weighted by atomic mass is 10.2. The molecule has 0 saturated heterocycles. The maximum absolute atomic E-state index is 11.3. The molecule has 8 heteroatoms. The van der Waals surface area contributed by atoms with Crippen LogP contribution in [0.1, 0.15) is 25.1 Å². The number of halogens is 1. The van der Waals surface area contributed by atoms with E-state index in [4.69, 9.17) is 5.84 Å². The first-order valence-corrected chi connectivity index (χ1v) is 8.09. The van der Waals surface area contributed by atoms with Crippen LogP contribution in [0.3, 0.4) is 0 Å². The van der Waals surface area contributed by atoms with E-state index in [1.165, 1.54) is 6.26 Å². The van der Waals surface area contributed by atoms with E-state index in [0.717, 1.165) is 23.1 Å². The Morgan fingerprint density at radius 1 is 1.65 bits per heavy atom. The van der Waals surface area contributed by atoms with Gasteiger partial charge in [0.05, 0.1) is 28.2 Å². The highest BCUT2D eigenvalue weighted by atomic mass is 79.9. The molecule has 0 spiro atoms. The van der Waals surface area contributed by atoms with Crippen molar-refractivity contribution in [1.82, 2.24) is 15.2 Å². The number of hydrazine groups is 1. The molecular formula is C9H17BrN4O2S. The van der Waals surface area contributed by atoms with Gasteiger partial charge in [0.15, 0.2) is 0 Å². The Bertz CT molecular complexity index is 471. The van der Waals surface area contributed by atoms with Gasteiger partial charge in [-0.25, -0.2) is 8.42 Å². The maximum atomic E-state index is 11.3. The van der Waals surface area contributed by atoms with Gasteiger partial charge in [0.1, 0.15) is 9.84 Å². The van der Waals surface area contributed by atoms with E-state index in [9.17, 15) is 8.42 Å². The molecule has 1 aromatic rings. The highest BCUT2D eigenvalue weighted by molar-refractivity contribution is 9.10. The minimum atomic E-state index is -3.11. The molecule has 1 unspecified atom stereocenters. The Balaban J connectivity index is 3.06. The molecule has 1 atom stereocenters. The number of sulfone groups is 1. The van der Waals surface area contributed by atoms with Gasteiger partial charge in [-0.3, -0.25) is 16.0 Å². The first-order valence-electron chi connectivity index (χ1n) is 5.24. The third kappa shape index (κ3) is 4.06. The zero-order valence-corrected chi connectivity index (χ0v) is 12.3. The number of rotatable bonds is 6. The summed E-state index contributed by atoms with van der Waals surface area (Å²) in [5.41, 5.74) is 3.29.